The molecule has 0 fully saturated rings. The zero-order valence-corrected chi connectivity index (χ0v) is 11.6. The van der Waals surface area contributed by atoms with E-state index in [1.54, 1.807) is 18.2 Å². The van der Waals surface area contributed by atoms with Gasteiger partial charge in [-0.1, -0.05) is 6.07 Å². The van der Waals surface area contributed by atoms with Gasteiger partial charge in [0.15, 0.2) is 0 Å². The van der Waals surface area contributed by atoms with Crippen LogP contribution >= 0.6 is 11.3 Å². The lowest BCUT2D eigenvalue weighted by Crippen LogP contribution is -1.96. The second-order valence-corrected chi connectivity index (χ2v) is 5.01. The average Bonchev–Trinajstić information content (AvgIpc) is 2.90. The number of carbonyl (C=O) groups is 1. The number of thiophene rings is 1. The average molecular weight is 305 g/mol. The first-order chi connectivity index (χ1) is 10.1. The summed E-state index contributed by atoms with van der Waals surface area (Å²) in [5.74, 6) is -0.627. The summed E-state index contributed by atoms with van der Waals surface area (Å²) in [6.45, 7) is 0.220. The minimum Gasteiger partial charge on any atom is -0.488 e. The number of carboxylic acid groups (broad SMARTS) is 1. The van der Waals surface area contributed by atoms with Crippen LogP contribution in [0.1, 0.15) is 10.4 Å². The third kappa shape index (κ3) is 4.15. The fourth-order valence-corrected chi connectivity index (χ4v) is 2.39. The van der Waals surface area contributed by atoms with Gasteiger partial charge in [0.1, 0.15) is 12.4 Å². The predicted molar refractivity (Wildman–Crippen MR) is 78.4 cm³/mol. The molecule has 0 unspecified atom stereocenters. The molecule has 2 aromatic rings. The lowest BCUT2D eigenvalue weighted by atomic mass is 10.2. The van der Waals surface area contributed by atoms with Crippen molar-refractivity contribution >= 4 is 29.1 Å². The lowest BCUT2D eigenvalue weighted by Gasteiger charge is -2.05. The molecule has 0 aliphatic heterocycles. The van der Waals surface area contributed by atoms with E-state index in [2.05, 4.69) is 0 Å². The summed E-state index contributed by atoms with van der Waals surface area (Å²) in [7, 11) is 0. The molecule has 0 aliphatic carbocycles. The molecule has 0 spiro atoms. The molecule has 21 heavy (non-hydrogen) atoms. The molecule has 0 saturated carbocycles. The molecule has 1 heterocycles. The molecule has 0 amide bonds. The van der Waals surface area contributed by atoms with E-state index in [1.165, 1.54) is 29.5 Å². The number of hydrogen-bond acceptors (Lipinski definition) is 5. The molecule has 0 aliphatic rings. The van der Waals surface area contributed by atoms with Crippen molar-refractivity contribution < 1.29 is 19.6 Å². The van der Waals surface area contributed by atoms with E-state index < -0.39 is 10.9 Å². The van der Waals surface area contributed by atoms with Crippen LogP contribution in [0, 0.1) is 10.1 Å². The fourth-order valence-electron chi connectivity index (χ4n) is 1.61. The van der Waals surface area contributed by atoms with Crippen LogP contribution < -0.4 is 4.74 Å². The van der Waals surface area contributed by atoms with Gasteiger partial charge < -0.3 is 9.84 Å². The monoisotopic (exact) mass is 305 g/mol. The van der Waals surface area contributed by atoms with Crippen molar-refractivity contribution in [3.05, 3.63) is 62.3 Å². The molecule has 0 bridgehead atoms. The van der Waals surface area contributed by atoms with Crippen molar-refractivity contribution in [3.63, 3.8) is 0 Å². The number of benzene rings is 1. The summed E-state index contributed by atoms with van der Waals surface area (Å²) >= 11 is 1.43. The lowest BCUT2D eigenvalue weighted by molar-refractivity contribution is -0.384. The molecule has 108 valence electrons. The number of hydrogen-bond donors (Lipinski definition) is 1. The van der Waals surface area contributed by atoms with Gasteiger partial charge in [0.25, 0.3) is 5.69 Å². The maximum Gasteiger partial charge on any atom is 0.328 e. The highest BCUT2D eigenvalue weighted by molar-refractivity contribution is 7.10. The van der Waals surface area contributed by atoms with Crippen LogP contribution in [0.3, 0.4) is 0 Å². The number of aliphatic carboxylic acids is 1. The van der Waals surface area contributed by atoms with Crippen molar-refractivity contribution in [2.75, 3.05) is 0 Å². The Labute approximate surface area is 124 Å². The Bertz CT molecular complexity index is 692. The van der Waals surface area contributed by atoms with E-state index in [1.807, 2.05) is 5.38 Å². The number of nitro benzene ring substituents is 1. The summed E-state index contributed by atoms with van der Waals surface area (Å²) in [6.07, 6.45) is 2.55. The van der Waals surface area contributed by atoms with Crippen LogP contribution in [0.15, 0.2) is 41.8 Å². The number of non-ortho nitro benzene ring substituents is 1. The second-order valence-electron chi connectivity index (χ2n) is 4.01. The van der Waals surface area contributed by atoms with Crippen molar-refractivity contribution in [3.8, 4) is 5.75 Å². The van der Waals surface area contributed by atoms with Crippen LogP contribution in [0.2, 0.25) is 0 Å². The minimum atomic E-state index is -1.02. The Kier molecular flexibility index (Phi) is 4.68. The molecule has 7 heteroatoms. The zero-order chi connectivity index (χ0) is 15.2. The third-order valence-electron chi connectivity index (χ3n) is 2.58. The number of ether oxygens (including phenoxy) is 1. The first-order valence-electron chi connectivity index (χ1n) is 5.91. The van der Waals surface area contributed by atoms with Gasteiger partial charge in [-0.2, -0.15) is 0 Å². The van der Waals surface area contributed by atoms with Gasteiger partial charge in [-0.3, -0.25) is 10.1 Å². The van der Waals surface area contributed by atoms with E-state index in [4.69, 9.17) is 9.84 Å². The van der Waals surface area contributed by atoms with Crippen molar-refractivity contribution in [1.82, 2.24) is 0 Å². The minimum absolute atomic E-state index is 0.0373. The molecule has 1 aromatic heterocycles. The number of nitro groups is 1. The van der Waals surface area contributed by atoms with Crippen LogP contribution in [0.5, 0.6) is 5.75 Å². The van der Waals surface area contributed by atoms with Crippen LogP contribution in [-0.4, -0.2) is 16.0 Å². The number of nitrogens with zero attached hydrogens (tertiary/aromatic N) is 1. The van der Waals surface area contributed by atoms with Crippen molar-refractivity contribution in [1.29, 1.82) is 0 Å². The summed E-state index contributed by atoms with van der Waals surface area (Å²) in [5.41, 5.74) is 0.720. The smallest absolute Gasteiger partial charge is 0.328 e. The van der Waals surface area contributed by atoms with Gasteiger partial charge in [-0.05, 0) is 29.2 Å². The molecule has 2 rings (SSSR count). The molecule has 0 atom stereocenters. The normalized spacial score (nSPS) is 10.7. The molecule has 1 N–H and O–H groups in total. The zero-order valence-electron chi connectivity index (χ0n) is 10.8. The summed E-state index contributed by atoms with van der Waals surface area (Å²) in [5, 5.41) is 21.1. The first-order valence-corrected chi connectivity index (χ1v) is 6.79. The molecular weight excluding hydrogens is 294 g/mol. The first kappa shape index (κ1) is 14.7. The Hall–Kier alpha value is -2.67. The van der Waals surface area contributed by atoms with E-state index in [0.717, 1.165) is 16.5 Å². The number of carboxylic acids is 1. The highest BCUT2D eigenvalue weighted by atomic mass is 32.1. The third-order valence-corrected chi connectivity index (χ3v) is 3.49. The Morgan fingerprint density at radius 3 is 2.95 bits per heavy atom. The maximum absolute atomic E-state index is 10.7. The van der Waals surface area contributed by atoms with E-state index in [9.17, 15) is 14.9 Å². The topological polar surface area (TPSA) is 89.7 Å². The van der Waals surface area contributed by atoms with Gasteiger partial charge in [-0.15, -0.1) is 11.3 Å². The van der Waals surface area contributed by atoms with Crippen LogP contribution in [-0.2, 0) is 11.4 Å². The largest absolute Gasteiger partial charge is 0.488 e. The van der Waals surface area contributed by atoms with Gasteiger partial charge in [-0.25, -0.2) is 4.79 Å². The van der Waals surface area contributed by atoms with Crippen molar-refractivity contribution in [2.24, 2.45) is 0 Å². The fraction of sp³-hybridized carbons (Fsp3) is 0.0714. The molecular formula is C14H11NO5S. The highest BCUT2D eigenvalue weighted by Crippen LogP contribution is 2.23. The Morgan fingerprint density at radius 1 is 1.43 bits per heavy atom. The van der Waals surface area contributed by atoms with Gasteiger partial charge in [0.05, 0.1) is 11.0 Å². The molecule has 1 aromatic carbocycles. The standard InChI is InChI=1S/C14H11NO5S/c16-14(17)5-4-10-6-7-21-13(10)9-20-12-3-1-2-11(8-12)15(18)19/h1-8H,9H2,(H,16,17). The summed E-state index contributed by atoms with van der Waals surface area (Å²) < 4.78 is 5.51. The highest BCUT2D eigenvalue weighted by Gasteiger charge is 2.08. The van der Waals surface area contributed by atoms with E-state index in [-0.39, 0.29) is 12.3 Å². The summed E-state index contributed by atoms with van der Waals surface area (Å²) in [6, 6.07) is 7.70. The van der Waals surface area contributed by atoms with Gasteiger partial charge >= 0.3 is 5.97 Å². The van der Waals surface area contributed by atoms with E-state index in [0.29, 0.717) is 5.75 Å². The second kappa shape index (κ2) is 6.67. The molecule has 6 nitrogen and oxygen atoms in total. The Balaban J connectivity index is 2.07. The SMILES string of the molecule is O=C(O)C=Cc1ccsc1COc1cccc([N+](=O)[O-])c1. The molecule has 0 saturated heterocycles. The van der Waals surface area contributed by atoms with Crippen LogP contribution in [0.25, 0.3) is 6.08 Å². The quantitative estimate of drug-likeness (QED) is 0.502. The Morgan fingerprint density at radius 2 is 2.24 bits per heavy atom. The van der Waals surface area contributed by atoms with E-state index >= 15 is 0 Å². The molecule has 0 radical (unpaired) electrons. The van der Waals surface area contributed by atoms with Gasteiger partial charge in [0.2, 0.25) is 0 Å². The van der Waals surface area contributed by atoms with Crippen LogP contribution in [0.4, 0.5) is 5.69 Å². The van der Waals surface area contributed by atoms with Crippen molar-refractivity contribution in [2.45, 2.75) is 6.61 Å². The maximum atomic E-state index is 10.7. The summed E-state index contributed by atoms with van der Waals surface area (Å²) in [4.78, 5) is 21.5. The van der Waals surface area contributed by atoms with Gasteiger partial charge in [0, 0.05) is 17.0 Å². The number of rotatable bonds is 6. The predicted octanol–water partition coefficient (Wildman–Crippen LogP) is 3.33.